The van der Waals surface area contributed by atoms with E-state index in [-0.39, 0.29) is 35.1 Å². The van der Waals surface area contributed by atoms with Gasteiger partial charge in [-0.2, -0.15) is 0 Å². The third-order valence-electron chi connectivity index (χ3n) is 2.00. The van der Waals surface area contributed by atoms with E-state index in [9.17, 15) is 9.90 Å². The highest BCUT2D eigenvalue weighted by atomic mass is 35.5. The van der Waals surface area contributed by atoms with E-state index in [1.54, 1.807) is 0 Å². The van der Waals surface area contributed by atoms with Crippen molar-refractivity contribution < 1.29 is 9.90 Å². The number of aliphatic hydroxyl groups excluding tert-OH is 1. The molecule has 1 atom stereocenters. The average molecular weight is 248 g/mol. The summed E-state index contributed by atoms with van der Waals surface area (Å²) < 4.78 is 0. The maximum Gasteiger partial charge on any atom is 0.235 e. The molecule has 80 valence electrons. The molecule has 0 spiro atoms. The first kappa shape index (κ1) is 10.6. The maximum atomic E-state index is 11.4. The Kier molecular flexibility index (Phi) is 2.77. The summed E-state index contributed by atoms with van der Waals surface area (Å²) >= 11 is 11.4. The number of halogens is 2. The molecule has 0 saturated carbocycles. The Hall–Kier alpha value is -0.910. The summed E-state index contributed by atoms with van der Waals surface area (Å²) in [6, 6.07) is 1.38. The van der Waals surface area contributed by atoms with Crippen molar-refractivity contribution >= 4 is 35.1 Å². The number of amides is 1. The Morgan fingerprint density at radius 1 is 1.40 bits per heavy atom. The quantitative estimate of drug-likeness (QED) is 0.749. The first-order valence-electron chi connectivity index (χ1n) is 4.25. The Balaban J connectivity index is 2.33. The van der Waals surface area contributed by atoms with Crippen LogP contribution in [-0.2, 0) is 4.79 Å². The van der Waals surface area contributed by atoms with Gasteiger partial charge < -0.3 is 5.11 Å². The zero-order chi connectivity index (χ0) is 11.0. The standard InChI is InChI=1S/C8H7Cl2N3O2/c9-5-2-6(10)12-8(11-5)13-3-4(14)1-7(13)15/h2,4,14H,1,3H2. The Morgan fingerprint density at radius 2 is 2.00 bits per heavy atom. The minimum Gasteiger partial charge on any atom is -0.391 e. The van der Waals surface area contributed by atoms with Crippen molar-refractivity contribution in [1.82, 2.24) is 9.97 Å². The van der Waals surface area contributed by atoms with Gasteiger partial charge in [0.15, 0.2) is 0 Å². The number of β-amino-alcohol motifs (C(OH)–C–C–N with tert-alkyl or cyclic N) is 1. The summed E-state index contributed by atoms with van der Waals surface area (Å²) in [5, 5.41) is 9.62. The highest BCUT2D eigenvalue weighted by Gasteiger charge is 2.31. The van der Waals surface area contributed by atoms with Crippen LogP contribution in [0.15, 0.2) is 6.07 Å². The largest absolute Gasteiger partial charge is 0.391 e. The molecule has 2 heterocycles. The molecular weight excluding hydrogens is 241 g/mol. The average Bonchev–Trinajstić information content (AvgIpc) is 2.43. The molecule has 1 amide bonds. The molecule has 0 aliphatic carbocycles. The lowest BCUT2D eigenvalue weighted by Crippen LogP contribution is -2.27. The van der Waals surface area contributed by atoms with Crippen LogP contribution in [0.3, 0.4) is 0 Å². The van der Waals surface area contributed by atoms with Crippen LogP contribution >= 0.6 is 23.2 Å². The Bertz CT molecular complexity index is 393. The second kappa shape index (κ2) is 3.92. The number of aliphatic hydroxyl groups is 1. The van der Waals surface area contributed by atoms with E-state index in [0.717, 1.165) is 0 Å². The normalized spacial score (nSPS) is 21.1. The molecule has 1 saturated heterocycles. The van der Waals surface area contributed by atoms with Crippen LogP contribution in [0.2, 0.25) is 10.3 Å². The van der Waals surface area contributed by atoms with Crippen LogP contribution in [0.25, 0.3) is 0 Å². The predicted octanol–water partition coefficient (Wildman–Crippen LogP) is 0.881. The van der Waals surface area contributed by atoms with E-state index in [1.807, 2.05) is 0 Å². The van der Waals surface area contributed by atoms with Crippen molar-refractivity contribution in [3.05, 3.63) is 16.4 Å². The first-order chi connectivity index (χ1) is 7.06. The fourth-order valence-electron chi connectivity index (χ4n) is 1.38. The van der Waals surface area contributed by atoms with E-state index in [2.05, 4.69) is 9.97 Å². The number of hydrogen-bond donors (Lipinski definition) is 1. The lowest BCUT2D eigenvalue weighted by molar-refractivity contribution is -0.117. The minimum atomic E-state index is -0.682. The lowest BCUT2D eigenvalue weighted by Gasteiger charge is -2.13. The number of carbonyl (C=O) groups excluding carboxylic acids is 1. The SMILES string of the molecule is O=C1CC(O)CN1c1nc(Cl)cc(Cl)n1. The van der Waals surface area contributed by atoms with Crippen molar-refractivity contribution in [3.63, 3.8) is 0 Å². The van der Waals surface area contributed by atoms with E-state index in [0.29, 0.717) is 0 Å². The maximum absolute atomic E-state index is 11.4. The summed E-state index contributed by atoms with van der Waals surface area (Å²) in [4.78, 5) is 20.4. The second-order valence-corrected chi connectivity index (χ2v) is 3.95. The van der Waals surface area contributed by atoms with Gasteiger partial charge in [-0.05, 0) is 0 Å². The topological polar surface area (TPSA) is 66.3 Å². The van der Waals surface area contributed by atoms with Gasteiger partial charge in [0, 0.05) is 6.07 Å². The molecule has 2 rings (SSSR count). The molecule has 1 N–H and O–H groups in total. The van der Waals surface area contributed by atoms with Gasteiger partial charge in [-0.25, -0.2) is 9.97 Å². The van der Waals surface area contributed by atoms with Gasteiger partial charge in [-0.1, -0.05) is 23.2 Å². The zero-order valence-electron chi connectivity index (χ0n) is 7.52. The third-order valence-corrected chi connectivity index (χ3v) is 2.39. The Labute approximate surface area is 95.6 Å². The third kappa shape index (κ3) is 2.19. The smallest absolute Gasteiger partial charge is 0.235 e. The van der Waals surface area contributed by atoms with Crippen molar-refractivity contribution in [2.75, 3.05) is 11.4 Å². The van der Waals surface area contributed by atoms with E-state index >= 15 is 0 Å². The highest BCUT2D eigenvalue weighted by molar-refractivity contribution is 6.33. The van der Waals surface area contributed by atoms with Crippen molar-refractivity contribution in [2.24, 2.45) is 0 Å². The van der Waals surface area contributed by atoms with Crippen molar-refractivity contribution in [1.29, 1.82) is 0 Å². The van der Waals surface area contributed by atoms with Crippen LogP contribution in [0, 0.1) is 0 Å². The summed E-state index contributed by atoms with van der Waals surface area (Å²) in [7, 11) is 0. The number of nitrogens with zero attached hydrogens (tertiary/aromatic N) is 3. The molecule has 0 aromatic carbocycles. The molecule has 0 radical (unpaired) electrons. The molecule has 1 aliphatic rings. The van der Waals surface area contributed by atoms with Crippen LogP contribution in [-0.4, -0.2) is 33.6 Å². The van der Waals surface area contributed by atoms with Crippen molar-refractivity contribution in [3.8, 4) is 0 Å². The molecular formula is C8H7Cl2N3O2. The summed E-state index contributed by atoms with van der Waals surface area (Å²) in [6.07, 6.45) is -0.605. The van der Waals surface area contributed by atoms with Crippen LogP contribution in [0.1, 0.15) is 6.42 Å². The summed E-state index contributed by atoms with van der Waals surface area (Å²) in [5.74, 6) is -0.102. The van der Waals surface area contributed by atoms with E-state index in [1.165, 1.54) is 11.0 Å². The van der Waals surface area contributed by atoms with Crippen molar-refractivity contribution in [2.45, 2.75) is 12.5 Å². The van der Waals surface area contributed by atoms with Gasteiger partial charge in [0.1, 0.15) is 10.3 Å². The molecule has 15 heavy (non-hydrogen) atoms. The fraction of sp³-hybridized carbons (Fsp3) is 0.375. The highest BCUT2D eigenvalue weighted by Crippen LogP contribution is 2.21. The lowest BCUT2D eigenvalue weighted by atomic mass is 10.3. The molecule has 1 unspecified atom stereocenters. The predicted molar refractivity (Wildman–Crippen MR) is 55.0 cm³/mol. The van der Waals surface area contributed by atoms with Gasteiger partial charge >= 0.3 is 0 Å². The van der Waals surface area contributed by atoms with Crippen LogP contribution < -0.4 is 4.90 Å². The fourth-order valence-corrected chi connectivity index (χ4v) is 1.80. The minimum absolute atomic E-state index is 0.0769. The number of anilines is 1. The monoisotopic (exact) mass is 247 g/mol. The van der Waals surface area contributed by atoms with Gasteiger partial charge in [-0.15, -0.1) is 0 Å². The molecule has 5 nitrogen and oxygen atoms in total. The second-order valence-electron chi connectivity index (χ2n) is 3.18. The molecule has 1 fully saturated rings. The van der Waals surface area contributed by atoms with Gasteiger partial charge in [0.25, 0.3) is 0 Å². The Morgan fingerprint density at radius 3 is 2.47 bits per heavy atom. The first-order valence-corrected chi connectivity index (χ1v) is 5.00. The number of rotatable bonds is 1. The molecule has 1 aromatic heterocycles. The van der Waals surface area contributed by atoms with Crippen LogP contribution in [0.5, 0.6) is 0 Å². The molecule has 7 heteroatoms. The number of aromatic nitrogens is 2. The van der Waals surface area contributed by atoms with Gasteiger partial charge in [0.05, 0.1) is 19.1 Å². The van der Waals surface area contributed by atoms with E-state index in [4.69, 9.17) is 23.2 Å². The molecule has 1 aromatic rings. The number of hydrogen-bond acceptors (Lipinski definition) is 4. The molecule has 0 bridgehead atoms. The van der Waals surface area contributed by atoms with Gasteiger partial charge in [0.2, 0.25) is 11.9 Å². The molecule has 1 aliphatic heterocycles. The summed E-state index contributed by atoms with van der Waals surface area (Å²) in [6.45, 7) is 0.176. The van der Waals surface area contributed by atoms with Gasteiger partial charge in [-0.3, -0.25) is 9.69 Å². The zero-order valence-corrected chi connectivity index (χ0v) is 9.03. The number of carbonyl (C=O) groups is 1. The van der Waals surface area contributed by atoms with E-state index < -0.39 is 6.10 Å². The van der Waals surface area contributed by atoms with Crippen LogP contribution in [0.4, 0.5) is 5.95 Å². The summed E-state index contributed by atoms with van der Waals surface area (Å²) in [5.41, 5.74) is 0.